The predicted molar refractivity (Wildman–Crippen MR) is 59.5 cm³/mol. The first-order valence-electron chi connectivity index (χ1n) is 4.84. The number of hydrogen-bond acceptors (Lipinski definition) is 3. The fraction of sp³-hybridized carbons (Fsp3) is 0.364. The van der Waals surface area contributed by atoms with Crippen LogP contribution in [0.4, 0.5) is 13.2 Å². The van der Waals surface area contributed by atoms with Crippen LogP contribution in [0.1, 0.15) is 23.7 Å². The van der Waals surface area contributed by atoms with Crippen LogP contribution < -0.4 is 4.74 Å². The Morgan fingerprint density at radius 2 is 2.06 bits per heavy atom. The second kappa shape index (κ2) is 5.44. The van der Waals surface area contributed by atoms with Gasteiger partial charge in [-0.25, -0.2) is 0 Å². The normalized spacial score (nSPS) is 11.4. The topological polar surface area (TPSA) is 26.3 Å². The van der Waals surface area contributed by atoms with E-state index in [1.54, 1.807) is 13.2 Å². The molecular formula is C11H11F3O2S. The zero-order chi connectivity index (χ0) is 13.1. The molecule has 0 aliphatic heterocycles. The smallest absolute Gasteiger partial charge is 0.406 e. The van der Waals surface area contributed by atoms with Crippen LogP contribution in [0.5, 0.6) is 5.75 Å². The maximum atomic E-state index is 12.0. The molecule has 0 saturated carbocycles. The molecule has 0 spiro atoms. The van der Waals surface area contributed by atoms with Gasteiger partial charge < -0.3 is 4.74 Å². The summed E-state index contributed by atoms with van der Waals surface area (Å²) < 4.78 is 39.8. The van der Waals surface area contributed by atoms with Crippen molar-refractivity contribution in [3.63, 3.8) is 0 Å². The van der Waals surface area contributed by atoms with E-state index in [1.165, 1.54) is 23.9 Å². The molecule has 1 aromatic rings. The van der Waals surface area contributed by atoms with Gasteiger partial charge in [-0.2, -0.15) is 0 Å². The largest absolute Gasteiger partial charge is 0.573 e. The lowest BCUT2D eigenvalue weighted by Crippen LogP contribution is -2.17. The maximum absolute atomic E-state index is 12.0. The first kappa shape index (κ1) is 13.9. The predicted octanol–water partition coefficient (Wildman–Crippen LogP) is 3.90. The van der Waals surface area contributed by atoms with Gasteiger partial charge in [0.25, 0.3) is 0 Å². The molecule has 0 bridgehead atoms. The van der Waals surface area contributed by atoms with Gasteiger partial charge in [-0.05, 0) is 24.5 Å². The highest BCUT2D eigenvalue weighted by Gasteiger charge is 2.31. The Morgan fingerprint density at radius 1 is 1.41 bits per heavy atom. The van der Waals surface area contributed by atoms with Gasteiger partial charge in [-0.3, -0.25) is 4.79 Å². The van der Waals surface area contributed by atoms with Crippen molar-refractivity contribution >= 4 is 17.5 Å². The highest BCUT2D eigenvalue weighted by Crippen LogP contribution is 2.29. The van der Waals surface area contributed by atoms with Crippen LogP contribution in [0.25, 0.3) is 0 Å². The second-order valence-corrected chi connectivity index (χ2v) is 4.03. The molecule has 0 N–H and O–H groups in total. The van der Waals surface area contributed by atoms with Crippen molar-refractivity contribution in [1.82, 2.24) is 0 Å². The number of rotatable bonds is 4. The van der Waals surface area contributed by atoms with Crippen LogP contribution in [-0.4, -0.2) is 18.4 Å². The zero-order valence-corrected chi connectivity index (χ0v) is 10.1. The van der Waals surface area contributed by atoms with Crippen LogP contribution in [0.3, 0.4) is 0 Å². The van der Waals surface area contributed by atoms with Crippen molar-refractivity contribution < 1.29 is 22.7 Å². The van der Waals surface area contributed by atoms with Crippen molar-refractivity contribution in [3.8, 4) is 5.75 Å². The van der Waals surface area contributed by atoms with E-state index < -0.39 is 6.36 Å². The highest BCUT2D eigenvalue weighted by molar-refractivity contribution is 7.98. The minimum atomic E-state index is -4.72. The molecule has 94 valence electrons. The van der Waals surface area contributed by atoms with Crippen molar-refractivity contribution in [3.05, 3.63) is 23.8 Å². The van der Waals surface area contributed by atoms with Gasteiger partial charge in [0, 0.05) is 16.9 Å². The molecular weight excluding hydrogens is 253 g/mol. The Hall–Kier alpha value is -1.17. The Labute approximate surface area is 101 Å². The van der Waals surface area contributed by atoms with E-state index >= 15 is 0 Å². The van der Waals surface area contributed by atoms with Crippen LogP contribution >= 0.6 is 11.8 Å². The van der Waals surface area contributed by atoms with Gasteiger partial charge in [0.2, 0.25) is 0 Å². The molecule has 2 nitrogen and oxygen atoms in total. The molecule has 0 saturated heterocycles. The number of alkyl halides is 3. The molecule has 1 rings (SSSR count). The highest BCUT2D eigenvalue weighted by atomic mass is 32.2. The molecule has 0 aromatic heterocycles. The van der Waals surface area contributed by atoms with Gasteiger partial charge >= 0.3 is 6.36 Å². The molecule has 0 heterocycles. The van der Waals surface area contributed by atoms with Crippen LogP contribution in [-0.2, 0) is 0 Å². The number of ether oxygens (including phenoxy) is 1. The molecule has 0 atom stereocenters. The van der Waals surface area contributed by atoms with E-state index in [9.17, 15) is 18.0 Å². The fourth-order valence-electron chi connectivity index (χ4n) is 1.29. The van der Waals surface area contributed by atoms with Crippen LogP contribution in [0.15, 0.2) is 23.1 Å². The SMILES string of the molecule is CCC(=O)c1ccc(OC(F)(F)F)cc1SC. The number of benzene rings is 1. The lowest BCUT2D eigenvalue weighted by Gasteiger charge is -2.11. The maximum Gasteiger partial charge on any atom is 0.573 e. The molecule has 17 heavy (non-hydrogen) atoms. The molecule has 0 amide bonds. The van der Waals surface area contributed by atoms with Crippen LogP contribution in [0, 0.1) is 0 Å². The Kier molecular flexibility index (Phi) is 4.45. The van der Waals surface area contributed by atoms with Gasteiger partial charge in [0.1, 0.15) is 5.75 Å². The van der Waals surface area contributed by atoms with Gasteiger partial charge in [0.15, 0.2) is 5.78 Å². The summed E-state index contributed by atoms with van der Waals surface area (Å²) in [6.45, 7) is 1.70. The molecule has 0 unspecified atom stereocenters. The lowest BCUT2D eigenvalue weighted by molar-refractivity contribution is -0.274. The minimum Gasteiger partial charge on any atom is -0.406 e. The number of carbonyl (C=O) groups excluding carboxylic acids is 1. The third-order valence-corrected chi connectivity index (χ3v) is 2.81. The number of hydrogen-bond donors (Lipinski definition) is 0. The van der Waals surface area contributed by atoms with E-state index in [1.807, 2.05) is 0 Å². The van der Waals surface area contributed by atoms with E-state index in [0.29, 0.717) is 16.9 Å². The first-order valence-corrected chi connectivity index (χ1v) is 6.07. The number of halogens is 3. The summed E-state index contributed by atoms with van der Waals surface area (Å²) in [6.07, 6.45) is -2.71. The fourth-order valence-corrected chi connectivity index (χ4v) is 1.93. The number of thioether (sulfide) groups is 1. The molecule has 0 aliphatic carbocycles. The Morgan fingerprint density at radius 3 is 2.53 bits per heavy atom. The Bertz CT molecular complexity index is 416. The van der Waals surface area contributed by atoms with Gasteiger partial charge in [-0.1, -0.05) is 6.92 Å². The number of Topliss-reactive ketones (excluding diaryl/α,β-unsaturated/α-hetero) is 1. The number of carbonyl (C=O) groups is 1. The molecule has 0 radical (unpaired) electrons. The van der Waals surface area contributed by atoms with Gasteiger partial charge in [-0.15, -0.1) is 24.9 Å². The molecule has 1 aromatic carbocycles. The van der Waals surface area contributed by atoms with Crippen molar-refractivity contribution in [2.24, 2.45) is 0 Å². The summed E-state index contributed by atoms with van der Waals surface area (Å²) in [6, 6.07) is 3.73. The standard InChI is InChI=1S/C11H11F3O2S/c1-3-9(15)8-5-4-7(6-10(8)17-2)16-11(12,13)14/h4-6H,3H2,1-2H3. The summed E-state index contributed by atoms with van der Waals surface area (Å²) in [5.74, 6) is -0.414. The van der Waals surface area contributed by atoms with E-state index in [2.05, 4.69) is 4.74 Å². The lowest BCUT2D eigenvalue weighted by atomic mass is 10.1. The summed E-state index contributed by atoms with van der Waals surface area (Å²) in [5.41, 5.74) is 0.425. The van der Waals surface area contributed by atoms with Crippen molar-refractivity contribution in [1.29, 1.82) is 0 Å². The van der Waals surface area contributed by atoms with E-state index in [4.69, 9.17) is 0 Å². The number of ketones is 1. The Balaban J connectivity index is 3.04. The average molecular weight is 264 g/mol. The monoisotopic (exact) mass is 264 g/mol. The van der Waals surface area contributed by atoms with E-state index in [-0.39, 0.29) is 11.5 Å². The zero-order valence-electron chi connectivity index (χ0n) is 9.30. The van der Waals surface area contributed by atoms with Crippen molar-refractivity contribution in [2.45, 2.75) is 24.6 Å². The summed E-state index contributed by atoms with van der Waals surface area (Å²) in [5, 5.41) is 0. The molecule has 0 fully saturated rings. The van der Waals surface area contributed by atoms with E-state index in [0.717, 1.165) is 6.07 Å². The second-order valence-electron chi connectivity index (χ2n) is 3.19. The summed E-state index contributed by atoms with van der Waals surface area (Å²) in [4.78, 5) is 12.0. The summed E-state index contributed by atoms with van der Waals surface area (Å²) in [7, 11) is 0. The third-order valence-electron chi connectivity index (χ3n) is 2.03. The molecule has 6 heteroatoms. The van der Waals surface area contributed by atoms with Crippen molar-refractivity contribution in [2.75, 3.05) is 6.26 Å². The van der Waals surface area contributed by atoms with Gasteiger partial charge in [0.05, 0.1) is 0 Å². The average Bonchev–Trinajstić information content (AvgIpc) is 2.25. The summed E-state index contributed by atoms with van der Waals surface area (Å²) >= 11 is 1.21. The third kappa shape index (κ3) is 3.96. The first-order chi connectivity index (χ1) is 7.87. The molecule has 0 aliphatic rings. The quantitative estimate of drug-likeness (QED) is 0.609. The minimum absolute atomic E-state index is 0.104. The van der Waals surface area contributed by atoms with Crippen LogP contribution in [0.2, 0.25) is 0 Å².